The molecule has 2 fully saturated rings. The molecule has 0 bridgehead atoms. The number of aryl methyl sites for hydroxylation is 1. The Kier molecular flexibility index (Phi) is 6.51. The standard InChI is InChI=1S/C20H27N3O4S/c1-16-6-8-18(9-7-16)28(26,27)23-14-12-22(13-15-23)20(25)11-10-19(24)21-17-4-2-3-5-17/h6-11,17H,2-5,12-15H2,1H3,(H,21,24)/b11-10+. The molecule has 28 heavy (non-hydrogen) atoms. The van der Waals surface area contributed by atoms with Crippen LogP contribution in [0.25, 0.3) is 0 Å². The lowest BCUT2D eigenvalue weighted by Crippen LogP contribution is -2.50. The van der Waals surface area contributed by atoms with Crippen LogP contribution in [0.4, 0.5) is 0 Å². The Labute approximate surface area is 166 Å². The minimum Gasteiger partial charge on any atom is -0.350 e. The Balaban J connectivity index is 1.51. The summed E-state index contributed by atoms with van der Waals surface area (Å²) in [5, 5.41) is 2.90. The zero-order chi connectivity index (χ0) is 20.1. The minimum atomic E-state index is -3.55. The number of sulfonamides is 1. The second-order valence-electron chi connectivity index (χ2n) is 7.37. The van der Waals surface area contributed by atoms with Gasteiger partial charge in [-0.25, -0.2) is 8.42 Å². The first-order valence-electron chi connectivity index (χ1n) is 9.70. The quantitative estimate of drug-likeness (QED) is 0.751. The van der Waals surface area contributed by atoms with Gasteiger partial charge in [0.25, 0.3) is 0 Å². The van der Waals surface area contributed by atoms with E-state index >= 15 is 0 Å². The number of hydrogen-bond acceptors (Lipinski definition) is 4. The van der Waals surface area contributed by atoms with E-state index in [2.05, 4.69) is 5.32 Å². The van der Waals surface area contributed by atoms with Gasteiger partial charge >= 0.3 is 0 Å². The van der Waals surface area contributed by atoms with E-state index in [-0.39, 0.29) is 35.8 Å². The Morgan fingerprint density at radius 3 is 2.21 bits per heavy atom. The molecule has 0 radical (unpaired) electrons. The van der Waals surface area contributed by atoms with Gasteiger partial charge in [-0.2, -0.15) is 4.31 Å². The van der Waals surface area contributed by atoms with Crippen LogP contribution in [0.1, 0.15) is 31.2 Å². The van der Waals surface area contributed by atoms with E-state index < -0.39 is 10.0 Å². The van der Waals surface area contributed by atoms with Gasteiger partial charge in [-0.1, -0.05) is 30.5 Å². The molecule has 7 nitrogen and oxygen atoms in total. The van der Waals surface area contributed by atoms with Crippen LogP contribution in [0.3, 0.4) is 0 Å². The van der Waals surface area contributed by atoms with Crippen LogP contribution in [0.2, 0.25) is 0 Å². The molecule has 152 valence electrons. The van der Waals surface area contributed by atoms with Crippen LogP contribution in [0.15, 0.2) is 41.3 Å². The van der Waals surface area contributed by atoms with Crippen LogP contribution >= 0.6 is 0 Å². The molecular weight excluding hydrogens is 378 g/mol. The fourth-order valence-corrected chi connectivity index (χ4v) is 5.00. The normalized spacial score (nSPS) is 19.2. The van der Waals surface area contributed by atoms with Gasteiger partial charge in [0.2, 0.25) is 21.8 Å². The van der Waals surface area contributed by atoms with Crippen molar-refractivity contribution in [3.63, 3.8) is 0 Å². The van der Waals surface area contributed by atoms with Crippen molar-refractivity contribution >= 4 is 21.8 Å². The zero-order valence-electron chi connectivity index (χ0n) is 16.1. The lowest BCUT2D eigenvalue weighted by atomic mass is 10.2. The molecule has 1 saturated carbocycles. The van der Waals surface area contributed by atoms with E-state index in [0.29, 0.717) is 13.1 Å². The number of hydrogen-bond donors (Lipinski definition) is 1. The van der Waals surface area contributed by atoms with Crippen molar-refractivity contribution in [2.24, 2.45) is 0 Å². The molecule has 1 saturated heterocycles. The zero-order valence-corrected chi connectivity index (χ0v) is 17.0. The van der Waals surface area contributed by atoms with E-state index in [0.717, 1.165) is 31.2 Å². The number of rotatable bonds is 5. The van der Waals surface area contributed by atoms with Gasteiger partial charge in [-0.05, 0) is 31.9 Å². The highest BCUT2D eigenvalue weighted by atomic mass is 32.2. The topological polar surface area (TPSA) is 86.8 Å². The molecule has 0 spiro atoms. The molecule has 1 N–H and O–H groups in total. The minimum absolute atomic E-state index is 0.211. The summed E-state index contributed by atoms with van der Waals surface area (Å²) in [5.74, 6) is -0.519. The van der Waals surface area contributed by atoms with Gasteiger partial charge in [-0.15, -0.1) is 0 Å². The van der Waals surface area contributed by atoms with Gasteiger partial charge in [0, 0.05) is 44.4 Å². The molecule has 0 atom stereocenters. The summed E-state index contributed by atoms with van der Waals surface area (Å²) < 4.78 is 26.8. The molecule has 8 heteroatoms. The predicted molar refractivity (Wildman–Crippen MR) is 106 cm³/mol. The fraction of sp³-hybridized carbons (Fsp3) is 0.500. The second kappa shape index (κ2) is 8.87. The number of carbonyl (C=O) groups is 2. The van der Waals surface area contributed by atoms with Crippen molar-refractivity contribution in [3.05, 3.63) is 42.0 Å². The van der Waals surface area contributed by atoms with Crippen LogP contribution < -0.4 is 5.32 Å². The van der Waals surface area contributed by atoms with Crippen molar-refractivity contribution in [3.8, 4) is 0 Å². The highest BCUT2D eigenvalue weighted by Gasteiger charge is 2.29. The van der Waals surface area contributed by atoms with Gasteiger partial charge in [-0.3, -0.25) is 9.59 Å². The number of amides is 2. The third-order valence-electron chi connectivity index (χ3n) is 5.29. The summed E-state index contributed by atoms with van der Waals surface area (Å²) in [6.07, 6.45) is 6.78. The SMILES string of the molecule is Cc1ccc(S(=O)(=O)N2CCN(C(=O)/C=C/C(=O)NC3CCCC3)CC2)cc1. The third kappa shape index (κ3) is 4.99. The first kappa shape index (κ1) is 20.5. The summed E-state index contributed by atoms with van der Waals surface area (Å²) in [6, 6.07) is 6.96. The maximum Gasteiger partial charge on any atom is 0.246 e. The van der Waals surface area contributed by atoms with Crippen molar-refractivity contribution in [2.75, 3.05) is 26.2 Å². The van der Waals surface area contributed by atoms with E-state index in [9.17, 15) is 18.0 Å². The first-order valence-corrected chi connectivity index (χ1v) is 11.1. The van der Waals surface area contributed by atoms with Crippen molar-refractivity contribution < 1.29 is 18.0 Å². The molecule has 0 aromatic heterocycles. The van der Waals surface area contributed by atoms with E-state index in [1.165, 1.54) is 16.5 Å². The lowest BCUT2D eigenvalue weighted by Gasteiger charge is -2.33. The largest absolute Gasteiger partial charge is 0.350 e. The van der Waals surface area contributed by atoms with Gasteiger partial charge in [0.15, 0.2) is 0 Å². The summed E-state index contributed by atoms with van der Waals surface area (Å²) in [5.41, 5.74) is 0.998. The molecule has 1 aromatic carbocycles. The molecule has 0 unspecified atom stereocenters. The van der Waals surface area contributed by atoms with Crippen LogP contribution in [-0.2, 0) is 19.6 Å². The molecule has 1 aliphatic heterocycles. The Morgan fingerprint density at radius 2 is 1.61 bits per heavy atom. The molecule has 2 aliphatic rings. The van der Waals surface area contributed by atoms with Crippen LogP contribution in [0.5, 0.6) is 0 Å². The summed E-state index contributed by atoms with van der Waals surface area (Å²) >= 11 is 0. The molecule has 3 rings (SSSR count). The summed E-state index contributed by atoms with van der Waals surface area (Å²) in [7, 11) is -3.55. The smallest absolute Gasteiger partial charge is 0.246 e. The fourth-order valence-electron chi connectivity index (χ4n) is 3.58. The third-order valence-corrected chi connectivity index (χ3v) is 7.20. The molecule has 2 amide bonds. The average molecular weight is 406 g/mol. The predicted octanol–water partition coefficient (Wildman–Crippen LogP) is 1.44. The number of nitrogens with zero attached hydrogens (tertiary/aromatic N) is 2. The van der Waals surface area contributed by atoms with Crippen LogP contribution in [-0.4, -0.2) is 61.7 Å². The Bertz CT molecular complexity index is 835. The van der Waals surface area contributed by atoms with E-state index in [1.54, 1.807) is 29.2 Å². The molecule has 1 aromatic rings. The summed E-state index contributed by atoms with van der Waals surface area (Å²) in [4.78, 5) is 26.0. The second-order valence-corrected chi connectivity index (χ2v) is 9.30. The summed E-state index contributed by atoms with van der Waals surface area (Å²) in [6.45, 7) is 2.99. The van der Waals surface area contributed by atoms with Gasteiger partial charge < -0.3 is 10.2 Å². The highest BCUT2D eigenvalue weighted by molar-refractivity contribution is 7.89. The number of piperazine rings is 1. The lowest BCUT2D eigenvalue weighted by molar-refractivity contribution is -0.127. The maximum absolute atomic E-state index is 12.7. The van der Waals surface area contributed by atoms with Gasteiger partial charge in [0.1, 0.15) is 0 Å². The van der Waals surface area contributed by atoms with E-state index in [1.807, 2.05) is 6.92 Å². The van der Waals surface area contributed by atoms with Crippen molar-refractivity contribution in [2.45, 2.75) is 43.5 Å². The van der Waals surface area contributed by atoms with Crippen molar-refractivity contribution in [1.29, 1.82) is 0 Å². The first-order chi connectivity index (χ1) is 13.4. The van der Waals surface area contributed by atoms with Crippen molar-refractivity contribution in [1.82, 2.24) is 14.5 Å². The Hall–Kier alpha value is -2.19. The molecule has 1 aliphatic carbocycles. The number of carbonyl (C=O) groups excluding carboxylic acids is 2. The average Bonchev–Trinajstić information content (AvgIpc) is 3.19. The number of benzene rings is 1. The highest BCUT2D eigenvalue weighted by Crippen LogP contribution is 2.19. The molecule has 1 heterocycles. The number of nitrogens with one attached hydrogen (secondary N) is 1. The maximum atomic E-state index is 12.7. The van der Waals surface area contributed by atoms with Crippen LogP contribution in [0, 0.1) is 6.92 Å². The Morgan fingerprint density at radius 1 is 1.00 bits per heavy atom. The monoisotopic (exact) mass is 405 g/mol. The molecular formula is C20H27N3O4S. The van der Waals surface area contributed by atoms with Gasteiger partial charge in [0.05, 0.1) is 4.90 Å². The van der Waals surface area contributed by atoms with E-state index in [4.69, 9.17) is 0 Å².